The second kappa shape index (κ2) is 3.11. The first-order chi connectivity index (χ1) is 7.72. The standard InChI is InChI=1S/C13H13NO2/c15-12(16)13(5-1-6-13)10-3-2-9-4-7-14-11(9)8-10/h2-4,7-8,14H,1,5-6H2,(H,15,16). The van der Waals surface area contributed by atoms with Crippen LogP contribution in [0.3, 0.4) is 0 Å². The Hall–Kier alpha value is -1.77. The highest BCUT2D eigenvalue weighted by molar-refractivity contribution is 5.86. The summed E-state index contributed by atoms with van der Waals surface area (Å²) >= 11 is 0. The number of aromatic nitrogens is 1. The lowest BCUT2D eigenvalue weighted by atomic mass is 9.64. The number of aliphatic carboxylic acids is 1. The first-order valence-corrected chi connectivity index (χ1v) is 5.53. The Kier molecular flexibility index (Phi) is 1.84. The summed E-state index contributed by atoms with van der Waals surface area (Å²) in [5.74, 6) is -0.690. The van der Waals surface area contributed by atoms with Crippen molar-refractivity contribution in [1.82, 2.24) is 4.98 Å². The number of hydrogen-bond donors (Lipinski definition) is 2. The Morgan fingerprint density at radius 3 is 2.75 bits per heavy atom. The molecule has 0 unspecified atom stereocenters. The van der Waals surface area contributed by atoms with Gasteiger partial charge in [0.2, 0.25) is 0 Å². The van der Waals surface area contributed by atoms with Crippen LogP contribution in [-0.2, 0) is 10.2 Å². The fraction of sp³-hybridized carbons (Fsp3) is 0.308. The Morgan fingerprint density at radius 1 is 1.31 bits per heavy atom. The van der Waals surface area contributed by atoms with Gasteiger partial charge < -0.3 is 10.1 Å². The number of nitrogens with one attached hydrogen (secondary N) is 1. The summed E-state index contributed by atoms with van der Waals surface area (Å²) < 4.78 is 0. The second-order valence-electron chi connectivity index (χ2n) is 4.52. The number of fused-ring (bicyclic) bond motifs is 1. The van der Waals surface area contributed by atoms with Gasteiger partial charge in [-0.05, 0) is 35.9 Å². The number of carboxylic acids is 1. The van der Waals surface area contributed by atoms with E-state index in [0.717, 1.165) is 35.7 Å². The van der Waals surface area contributed by atoms with E-state index in [-0.39, 0.29) is 0 Å². The minimum absolute atomic E-state index is 0.626. The van der Waals surface area contributed by atoms with E-state index in [2.05, 4.69) is 4.98 Å². The minimum atomic E-state index is -0.690. The van der Waals surface area contributed by atoms with Gasteiger partial charge >= 0.3 is 5.97 Å². The van der Waals surface area contributed by atoms with Gasteiger partial charge in [-0.25, -0.2) is 0 Å². The van der Waals surface area contributed by atoms with Crippen LogP contribution in [0.2, 0.25) is 0 Å². The highest BCUT2D eigenvalue weighted by Gasteiger charge is 2.45. The number of H-pyrrole nitrogens is 1. The maximum absolute atomic E-state index is 11.4. The third-order valence-corrected chi connectivity index (χ3v) is 3.72. The van der Waals surface area contributed by atoms with Crippen molar-refractivity contribution in [2.24, 2.45) is 0 Å². The van der Waals surface area contributed by atoms with Crippen molar-refractivity contribution in [3.63, 3.8) is 0 Å². The molecule has 3 nitrogen and oxygen atoms in total. The highest BCUT2D eigenvalue weighted by Crippen LogP contribution is 2.44. The normalized spacial score (nSPS) is 18.2. The van der Waals surface area contributed by atoms with Gasteiger partial charge in [0, 0.05) is 11.7 Å². The van der Waals surface area contributed by atoms with Gasteiger partial charge in [0.05, 0.1) is 5.41 Å². The molecule has 1 fully saturated rings. The number of aromatic amines is 1. The van der Waals surface area contributed by atoms with Crippen LogP contribution in [0.25, 0.3) is 10.9 Å². The molecule has 16 heavy (non-hydrogen) atoms. The molecular weight excluding hydrogens is 202 g/mol. The van der Waals surface area contributed by atoms with Gasteiger partial charge in [-0.2, -0.15) is 0 Å². The summed E-state index contributed by atoms with van der Waals surface area (Å²) in [5.41, 5.74) is 1.32. The summed E-state index contributed by atoms with van der Waals surface area (Å²) in [5, 5.41) is 10.5. The van der Waals surface area contributed by atoms with Crippen LogP contribution in [-0.4, -0.2) is 16.1 Å². The first-order valence-electron chi connectivity index (χ1n) is 5.53. The van der Waals surface area contributed by atoms with Gasteiger partial charge in [-0.3, -0.25) is 4.79 Å². The molecule has 1 aromatic carbocycles. The Morgan fingerprint density at radius 2 is 2.12 bits per heavy atom. The molecule has 0 aliphatic heterocycles. The second-order valence-corrected chi connectivity index (χ2v) is 4.52. The van der Waals surface area contributed by atoms with E-state index in [1.54, 1.807) is 0 Å². The zero-order valence-electron chi connectivity index (χ0n) is 8.86. The largest absolute Gasteiger partial charge is 0.481 e. The van der Waals surface area contributed by atoms with Crippen LogP contribution in [0.4, 0.5) is 0 Å². The summed E-state index contributed by atoms with van der Waals surface area (Å²) in [6, 6.07) is 7.91. The molecule has 1 aromatic heterocycles. The van der Waals surface area contributed by atoms with Crippen molar-refractivity contribution in [2.45, 2.75) is 24.7 Å². The van der Waals surface area contributed by atoms with Crippen LogP contribution in [0.15, 0.2) is 30.5 Å². The molecule has 2 aromatic rings. The van der Waals surface area contributed by atoms with Crippen molar-refractivity contribution in [1.29, 1.82) is 0 Å². The fourth-order valence-corrected chi connectivity index (χ4v) is 2.50. The summed E-state index contributed by atoms with van der Waals surface area (Å²) in [6.07, 6.45) is 4.40. The predicted molar refractivity (Wildman–Crippen MR) is 61.5 cm³/mol. The SMILES string of the molecule is O=C(O)C1(c2ccc3cc[nH]c3c2)CCC1. The zero-order valence-corrected chi connectivity index (χ0v) is 8.86. The quantitative estimate of drug-likeness (QED) is 0.809. The highest BCUT2D eigenvalue weighted by atomic mass is 16.4. The molecule has 0 atom stereocenters. The lowest BCUT2D eigenvalue weighted by Crippen LogP contribution is -2.42. The molecular formula is C13H13NO2. The van der Waals surface area contributed by atoms with Crippen LogP contribution in [0, 0.1) is 0 Å². The lowest BCUT2D eigenvalue weighted by molar-refractivity contribution is -0.147. The van der Waals surface area contributed by atoms with E-state index in [4.69, 9.17) is 0 Å². The number of carboxylic acid groups (broad SMARTS) is 1. The lowest BCUT2D eigenvalue weighted by Gasteiger charge is -2.38. The van der Waals surface area contributed by atoms with Crippen LogP contribution < -0.4 is 0 Å². The molecule has 82 valence electrons. The Bertz CT molecular complexity index is 552. The average molecular weight is 215 g/mol. The monoisotopic (exact) mass is 215 g/mol. The Labute approximate surface area is 93.1 Å². The molecule has 1 heterocycles. The fourth-order valence-electron chi connectivity index (χ4n) is 2.50. The van der Waals surface area contributed by atoms with E-state index >= 15 is 0 Å². The van der Waals surface area contributed by atoms with E-state index in [9.17, 15) is 9.90 Å². The number of carbonyl (C=O) groups is 1. The smallest absolute Gasteiger partial charge is 0.314 e. The number of rotatable bonds is 2. The molecule has 0 bridgehead atoms. The molecule has 0 spiro atoms. The van der Waals surface area contributed by atoms with E-state index in [1.807, 2.05) is 30.5 Å². The van der Waals surface area contributed by atoms with Crippen molar-refractivity contribution in [3.8, 4) is 0 Å². The van der Waals surface area contributed by atoms with Crippen molar-refractivity contribution in [2.75, 3.05) is 0 Å². The summed E-state index contributed by atoms with van der Waals surface area (Å²) in [7, 11) is 0. The zero-order chi connectivity index (χ0) is 11.2. The predicted octanol–water partition coefficient (Wildman–Crippen LogP) is 2.67. The molecule has 1 saturated carbocycles. The molecule has 0 amide bonds. The summed E-state index contributed by atoms with van der Waals surface area (Å²) in [4.78, 5) is 14.5. The number of hydrogen-bond acceptors (Lipinski definition) is 1. The first kappa shape index (κ1) is 9.46. The summed E-state index contributed by atoms with van der Waals surface area (Å²) in [6.45, 7) is 0. The van der Waals surface area contributed by atoms with Crippen molar-refractivity contribution in [3.05, 3.63) is 36.0 Å². The maximum Gasteiger partial charge on any atom is 0.314 e. The topological polar surface area (TPSA) is 53.1 Å². The van der Waals surface area contributed by atoms with Crippen LogP contribution >= 0.6 is 0 Å². The third-order valence-electron chi connectivity index (χ3n) is 3.72. The molecule has 3 heteroatoms. The van der Waals surface area contributed by atoms with E-state index in [1.165, 1.54) is 0 Å². The van der Waals surface area contributed by atoms with E-state index in [0.29, 0.717) is 0 Å². The number of benzene rings is 1. The molecule has 3 rings (SSSR count). The molecule has 0 radical (unpaired) electrons. The van der Waals surface area contributed by atoms with Crippen molar-refractivity contribution >= 4 is 16.9 Å². The van der Waals surface area contributed by atoms with Gasteiger partial charge in [0.15, 0.2) is 0 Å². The molecule has 2 N–H and O–H groups in total. The molecule has 0 saturated heterocycles. The molecule has 1 aliphatic carbocycles. The van der Waals surface area contributed by atoms with Crippen molar-refractivity contribution < 1.29 is 9.90 Å². The maximum atomic E-state index is 11.4. The van der Waals surface area contributed by atoms with Gasteiger partial charge in [0.25, 0.3) is 0 Å². The van der Waals surface area contributed by atoms with Gasteiger partial charge in [-0.15, -0.1) is 0 Å². The van der Waals surface area contributed by atoms with Gasteiger partial charge in [0.1, 0.15) is 0 Å². The van der Waals surface area contributed by atoms with Gasteiger partial charge in [-0.1, -0.05) is 18.6 Å². The van der Waals surface area contributed by atoms with Crippen LogP contribution in [0.5, 0.6) is 0 Å². The minimum Gasteiger partial charge on any atom is -0.481 e. The van der Waals surface area contributed by atoms with E-state index < -0.39 is 11.4 Å². The average Bonchev–Trinajstić information content (AvgIpc) is 2.62. The third kappa shape index (κ3) is 1.11. The Balaban J connectivity index is 2.14. The molecule has 1 aliphatic rings. The van der Waals surface area contributed by atoms with Crippen LogP contribution in [0.1, 0.15) is 24.8 Å².